The monoisotopic (exact) mass is 413 g/mol. The summed E-state index contributed by atoms with van der Waals surface area (Å²) in [6.45, 7) is 5.31. The summed E-state index contributed by atoms with van der Waals surface area (Å²) in [7, 11) is 1.59. The summed E-state index contributed by atoms with van der Waals surface area (Å²) in [6, 6.07) is 8.92. The highest BCUT2D eigenvalue weighted by Gasteiger charge is 2.34. The normalized spacial score (nSPS) is 19.8. The average molecular weight is 413 g/mol. The van der Waals surface area contributed by atoms with E-state index in [1.807, 2.05) is 24.3 Å². The Morgan fingerprint density at radius 2 is 2.07 bits per heavy atom. The summed E-state index contributed by atoms with van der Waals surface area (Å²) in [6.07, 6.45) is 0.307. The Labute approximate surface area is 175 Å². The highest BCUT2D eigenvalue weighted by molar-refractivity contribution is 5.97. The number of hydrogen-bond acceptors (Lipinski definition) is 7. The Kier molecular flexibility index (Phi) is 6.29. The highest BCUT2D eigenvalue weighted by Crippen LogP contribution is 2.35. The first-order valence-corrected chi connectivity index (χ1v) is 10.2. The maximum atomic E-state index is 12.7. The zero-order chi connectivity index (χ0) is 20.9. The maximum absolute atomic E-state index is 12.7. The number of amides is 1. The minimum atomic E-state index is -0.225. The molecule has 2 aromatic rings. The first-order valence-electron chi connectivity index (χ1n) is 10.2. The number of nitrogens with one attached hydrogen (secondary N) is 2. The van der Waals surface area contributed by atoms with Gasteiger partial charge in [-0.15, -0.1) is 0 Å². The van der Waals surface area contributed by atoms with E-state index >= 15 is 0 Å². The second kappa shape index (κ2) is 9.27. The number of morpholine rings is 1. The molecule has 2 N–H and O–H groups in total. The van der Waals surface area contributed by atoms with E-state index in [-0.39, 0.29) is 17.4 Å². The fourth-order valence-corrected chi connectivity index (χ4v) is 3.92. The fraction of sp³-hybridized carbons (Fsp3) is 0.476. The van der Waals surface area contributed by atoms with Crippen LogP contribution in [0, 0.1) is 0 Å². The molecule has 0 aliphatic carbocycles. The Morgan fingerprint density at radius 1 is 1.27 bits per heavy atom. The van der Waals surface area contributed by atoms with Crippen LogP contribution in [0.1, 0.15) is 18.0 Å². The summed E-state index contributed by atoms with van der Waals surface area (Å²) in [5.41, 5.74) is 1.14. The zero-order valence-electron chi connectivity index (χ0n) is 17.1. The second-order valence-corrected chi connectivity index (χ2v) is 7.48. The van der Waals surface area contributed by atoms with Gasteiger partial charge in [0, 0.05) is 51.1 Å². The van der Waals surface area contributed by atoms with Crippen LogP contribution < -0.4 is 20.5 Å². The number of carbonyl (C=O) groups excluding carboxylic acids is 1. The molecule has 1 aromatic carbocycles. The van der Waals surface area contributed by atoms with E-state index in [2.05, 4.69) is 20.2 Å². The third-order valence-electron chi connectivity index (χ3n) is 5.50. The van der Waals surface area contributed by atoms with Crippen LogP contribution in [0.15, 0.2) is 35.1 Å². The second-order valence-electron chi connectivity index (χ2n) is 7.48. The number of aromatic amines is 1. The summed E-state index contributed by atoms with van der Waals surface area (Å²) in [5, 5.41) is 3.20. The standard InChI is InChI=1S/C21H27N5O4/c1-29-18-5-3-2-4-17(18)26-14-15(12-20(26)28)16-13-19(27)24-21(23-16)22-6-7-25-8-10-30-11-9-25/h2-5,13,15H,6-12,14H2,1H3,(H2,22,23,24,27)/t15-/m1/s1. The summed E-state index contributed by atoms with van der Waals surface area (Å²) in [4.78, 5) is 36.2. The van der Waals surface area contributed by atoms with E-state index < -0.39 is 0 Å². The van der Waals surface area contributed by atoms with Crippen LogP contribution in [0.2, 0.25) is 0 Å². The molecule has 1 amide bonds. The third kappa shape index (κ3) is 4.63. The average Bonchev–Trinajstić information content (AvgIpc) is 3.15. The van der Waals surface area contributed by atoms with Gasteiger partial charge in [0.05, 0.1) is 31.7 Å². The zero-order valence-corrected chi connectivity index (χ0v) is 17.1. The number of ether oxygens (including phenoxy) is 2. The Balaban J connectivity index is 1.43. The van der Waals surface area contributed by atoms with E-state index in [0.717, 1.165) is 38.5 Å². The van der Waals surface area contributed by atoms with Gasteiger partial charge in [-0.3, -0.25) is 19.5 Å². The van der Waals surface area contributed by atoms with Crippen molar-refractivity contribution in [3.05, 3.63) is 46.4 Å². The number of benzene rings is 1. The third-order valence-corrected chi connectivity index (χ3v) is 5.50. The first-order chi connectivity index (χ1) is 14.6. The number of methoxy groups -OCH3 is 1. The topological polar surface area (TPSA) is 99.8 Å². The minimum absolute atomic E-state index is 0.00610. The van der Waals surface area contributed by atoms with Gasteiger partial charge in [0.2, 0.25) is 11.9 Å². The van der Waals surface area contributed by atoms with Gasteiger partial charge in [-0.25, -0.2) is 4.98 Å². The van der Waals surface area contributed by atoms with Gasteiger partial charge in [0.25, 0.3) is 5.56 Å². The molecule has 0 saturated carbocycles. The Morgan fingerprint density at radius 3 is 2.87 bits per heavy atom. The molecule has 0 spiro atoms. The number of H-pyrrole nitrogens is 1. The van der Waals surface area contributed by atoms with E-state index in [1.165, 1.54) is 6.07 Å². The molecule has 2 fully saturated rings. The van der Waals surface area contributed by atoms with Crippen LogP contribution in [0.3, 0.4) is 0 Å². The molecule has 9 nitrogen and oxygen atoms in total. The SMILES string of the molecule is COc1ccccc1N1C[C@H](c2cc(=O)[nH]c(NCCN3CCOCC3)n2)CC1=O. The van der Waals surface area contributed by atoms with Gasteiger partial charge in [0.15, 0.2) is 0 Å². The predicted octanol–water partition coefficient (Wildman–Crippen LogP) is 1.04. The quantitative estimate of drug-likeness (QED) is 0.700. The molecule has 2 saturated heterocycles. The first kappa shape index (κ1) is 20.4. The van der Waals surface area contributed by atoms with Crippen molar-refractivity contribution in [1.29, 1.82) is 0 Å². The number of carbonyl (C=O) groups is 1. The van der Waals surface area contributed by atoms with Crippen molar-refractivity contribution >= 4 is 17.5 Å². The lowest BCUT2D eigenvalue weighted by atomic mass is 10.0. The number of nitrogens with zero attached hydrogens (tertiary/aromatic N) is 3. The van der Waals surface area contributed by atoms with Crippen LogP contribution in [-0.4, -0.2) is 73.8 Å². The van der Waals surface area contributed by atoms with E-state index in [1.54, 1.807) is 12.0 Å². The lowest BCUT2D eigenvalue weighted by Gasteiger charge is -2.26. The molecule has 1 atom stereocenters. The van der Waals surface area contributed by atoms with Crippen molar-refractivity contribution in [2.45, 2.75) is 12.3 Å². The molecule has 9 heteroatoms. The number of para-hydroxylation sites is 2. The molecular formula is C21H27N5O4. The van der Waals surface area contributed by atoms with E-state index in [0.29, 0.717) is 36.9 Å². The van der Waals surface area contributed by atoms with Crippen LogP contribution in [-0.2, 0) is 9.53 Å². The van der Waals surface area contributed by atoms with Gasteiger partial charge in [-0.1, -0.05) is 12.1 Å². The van der Waals surface area contributed by atoms with Gasteiger partial charge in [0.1, 0.15) is 5.75 Å². The molecule has 4 rings (SSSR count). The number of hydrogen-bond donors (Lipinski definition) is 2. The molecule has 1 aromatic heterocycles. The highest BCUT2D eigenvalue weighted by atomic mass is 16.5. The number of rotatable bonds is 7. The number of anilines is 2. The van der Waals surface area contributed by atoms with E-state index in [4.69, 9.17) is 9.47 Å². The largest absolute Gasteiger partial charge is 0.495 e. The van der Waals surface area contributed by atoms with Gasteiger partial charge >= 0.3 is 0 Å². The Bertz CT molecular complexity index is 941. The molecular weight excluding hydrogens is 386 g/mol. The van der Waals surface area contributed by atoms with Crippen LogP contribution in [0.4, 0.5) is 11.6 Å². The van der Waals surface area contributed by atoms with Crippen molar-refractivity contribution < 1.29 is 14.3 Å². The van der Waals surface area contributed by atoms with Crippen molar-refractivity contribution in [3.8, 4) is 5.75 Å². The molecule has 0 radical (unpaired) electrons. The van der Waals surface area contributed by atoms with Crippen LogP contribution in [0.5, 0.6) is 5.75 Å². The van der Waals surface area contributed by atoms with Crippen molar-refractivity contribution in [2.24, 2.45) is 0 Å². The smallest absolute Gasteiger partial charge is 0.252 e. The van der Waals surface area contributed by atoms with Crippen molar-refractivity contribution in [3.63, 3.8) is 0 Å². The van der Waals surface area contributed by atoms with Crippen molar-refractivity contribution in [2.75, 3.05) is 63.3 Å². The Hall–Kier alpha value is -2.91. The summed E-state index contributed by atoms with van der Waals surface area (Å²) in [5.74, 6) is 0.933. The lowest BCUT2D eigenvalue weighted by Crippen LogP contribution is -2.39. The summed E-state index contributed by atoms with van der Waals surface area (Å²) < 4.78 is 10.7. The summed E-state index contributed by atoms with van der Waals surface area (Å²) >= 11 is 0. The molecule has 2 aliphatic rings. The molecule has 2 aliphatic heterocycles. The molecule has 3 heterocycles. The van der Waals surface area contributed by atoms with Crippen LogP contribution in [0.25, 0.3) is 0 Å². The van der Waals surface area contributed by atoms with Gasteiger partial charge in [-0.2, -0.15) is 0 Å². The minimum Gasteiger partial charge on any atom is -0.495 e. The molecule has 30 heavy (non-hydrogen) atoms. The van der Waals surface area contributed by atoms with E-state index in [9.17, 15) is 9.59 Å². The number of aromatic nitrogens is 2. The molecule has 0 unspecified atom stereocenters. The van der Waals surface area contributed by atoms with Crippen LogP contribution >= 0.6 is 0 Å². The maximum Gasteiger partial charge on any atom is 0.252 e. The molecule has 160 valence electrons. The predicted molar refractivity (Wildman–Crippen MR) is 113 cm³/mol. The molecule has 0 bridgehead atoms. The van der Waals surface area contributed by atoms with Gasteiger partial charge < -0.3 is 19.7 Å². The van der Waals surface area contributed by atoms with Crippen molar-refractivity contribution in [1.82, 2.24) is 14.9 Å². The lowest BCUT2D eigenvalue weighted by molar-refractivity contribution is -0.117. The van der Waals surface area contributed by atoms with Gasteiger partial charge in [-0.05, 0) is 12.1 Å². The fourth-order valence-electron chi connectivity index (χ4n) is 3.92.